The van der Waals surface area contributed by atoms with Crippen LogP contribution in [-0.4, -0.2) is 45.8 Å². The van der Waals surface area contributed by atoms with E-state index in [1.54, 1.807) is 0 Å². The lowest BCUT2D eigenvalue weighted by molar-refractivity contribution is -0.189. The van der Waals surface area contributed by atoms with Gasteiger partial charge in [0.05, 0.1) is 13.2 Å². The molecule has 7 heteroatoms. The number of rotatable bonds is 2. The number of aliphatic imine (C=N–C) groups is 2. The van der Waals surface area contributed by atoms with Crippen LogP contribution in [0, 0.1) is 0 Å². The van der Waals surface area contributed by atoms with Crippen LogP contribution in [0.25, 0.3) is 0 Å². The lowest BCUT2D eigenvalue weighted by Crippen LogP contribution is -2.47. The Labute approximate surface area is 91.8 Å². The van der Waals surface area contributed by atoms with E-state index >= 15 is 0 Å². The van der Waals surface area contributed by atoms with Crippen molar-refractivity contribution in [3.05, 3.63) is 24.9 Å². The molecule has 1 aromatic heterocycles. The third-order valence-electron chi connectivity index (χ3n) is 2.14. The third kappa shape index (κ3) is 1.66. The zero-order valence-corrected chi connectivity index (χ0v) is 8.57. The summed E-state index contributed by atoms with van der Waals surface area (Å²) in [4.78, 5) is 11.5. The van der Waals surface area contributed by atoms with Crippen molar-refractivity contribution in [2.24, 2.45) is 9.98 Å². The second-order valence-corrected chi connectivity index (χ2v) is 3.31. The Kier molecular flexibility index (Phi) is 2.63. The van der Waals surface area contributed by atoms with Crippen molar-refractivity contribution >= 4 is 12.7 Å². The normalized spacial score (nSPS) is 18.9. The van der Waals surface area contributed by atoms with E-state index < -0.39 is 5.60 Å². The van der Waals surface area contributed by atoms with E-state index in [4.69, 9.17) is 4.74 Å². The maximum atomic E-state index is 9.91. The molecule has 1 aromatic rings. The van der Waals surface area contributed by atoms with Crippen molar-refractivity contribution in [1.82, 2.24) is 14.8 Å². The van der Waals surface area contributed by atoms with Crippen LogP contribution in [0.4, 0.5) is 0 Å². The van der Waals surface area contributed by atoms with Crippen LogP contribution in [0.5, 0.6) is 0 Å². The van der Waals surface area contributed by atoms with Gasteiger partial charge in [-0.15, -0.1) is 5.10 Å². The zero-order valence-electron chi connectivity index (χ0n) is 8.57. The van der Waals surface area contributed by atoms with Gasteiger partial charge in [-0.1, -0.05) is 6.58 Å². The molecule has 0 aromatic carbocycles. The minimum absolute atomic E-state index is 0.201. The predicted molar refractivity (Wildman–Crippen MR) is 57.3 cm³/mol. The van der Waals surface area contributed by atoms with Gasteiger partial charge in [0.1, 0.15) is 6.33 Å². The quantitative estimate of drug-likeness (QED) is 0.541. The maximum Gasteiger partial charge on any atom is 0.251 e. The minimum atomic E-state index is -1.09. The first-order chi connectivity index (χ1) is 7.69. The Morgan fingerprint density at radius 2 is 2.44 bits per heavy atom. The summed E-state index contributed by atoms with van der Waals surface area (Å²) in [6, 6.07) is 0. The lowest BCUT2D eigenvalue weighted by atomic mass is 10.0. The first kappa shape index (κ1) is 10.7. The first-order valence-corrected chi connectivity index (χ1v) is 4.58. The fraction of sp³-hybridized carbons (Fsp3) is 0.333. The van der Waals surface area contributed by atoms with Gasteiger partial charge in [-0.3, -0.25) is 0 Å². The van der Waals surface area contributed by atoms with Crippen molar-refractivity contribution in [2.45, 2.75) is 5.60 Å². The molecule has 0 saturated carbocycles. The van der Waals surface area contributed by atoms with Gasteiger partial charge in [0.15, 0.2) is 11.4 Å². The predicted octanol–water partition coefficient (Wildman–Crippen LogP) is -0.456. The Balaban J connectivity index is 2.28. The zero-order chi connectivity index (χ0) is 11.6. The van der Waals surface area contributed by atoms with E-state index in [9.17, 15) is 5.11 Å². The highest BCUT2D eigenvalue weighted by molar-refractivity contribution is 5.85. The molecular formula is C9H11N5O2. The van der Waals surface area contributed by atoms with E-state index in [-0.39, 0.29) is 19.2 Å². The van der Waals surface area contributed by atoms with Gasteiger partial charge >= 0.3 is 0 Å². The molecule has 1 aliphatic heterocycles. The van der Waals surface area contributed by atoms with Gasteiger partial charge in [-0.2, -0.15) is 4.68 Å². The van der Waals surface area contributed by atoms with E-state index in [1.807, 2.05) is 0 Å². The summed E-state index contributed by atoms with van der Waals surface area (Å²) in [6.45, 7) is 7.21. The van der Waals surface area contributed by atoms with E-state index in [1.165, 1.54) is 17.2 Å². The van der Waals surface area contributed by atoms with E-state index in [0.717, 1.165) is 0 Å². The molecule has 2 heterocycles. The highest BCUT2D eigenvalue weighted by Crippen LogP contribution is 2.25. The van der Waals surface area contributed by atoms with Crippen molar-refractivity contribution in [3.8, 4) is 0 Å². The van der Waals surface area contributed by atoms with Gasteiger partial charge < -0.3 is 9.84 Å². The lowest BCUT2D eigenvalue weighted by Gasteiger charge is -2.33. The molecule has 16 heavy (non-hydrogen) atoms. The minimum Gasteiger partial charge on any atom is -0.377 e. The molecule has 0 bridgehead atoms. The molecule has 2 rings (SSSR count). The van der Waals surface area contributed by atoms with Crippen LogP contribution in [0.1, 0.15) is 5.82 Å². The van der Waals surface area contributed by atoms with Gasteiger partial charge in [0, 0.05) is 6.20 Å². The van der Waals surface area contributed by atoms with Gasteiger partial charge in [0.25, 0.3) is 5.96 Å². The molecular weight excluding hydrogens is 210 g/mol. The van der Waals surface area contributed by atoms with Crippen molar-refractivity contribution < 1.29 is 9.84 Å². The van der Waals surface area contributed by atoms with Crippen molar-refractivity contribution in [2.75, 3.05) is 13.2 Å². The second-order valence-electron chi connectivity index (χ2n) is 3.31. The number of hydrogen-bond donors (Lipinski definition) is 1. The topological polar surface area (TPSA) is 84.9 Å². The molecule has 0 spiro atoms. The average molecular weight is 221 g/mol. The summed E-state index contributed by atoms with van der Waals surface area (Å²) >= 11 is 0. The molecule has 1 saturated heterocycles. The monoisotopic (exact) mass is 221 g/mol. The van der Waals surface area contributed by atoms with Crippen molar-refractivity contribution in [3.63, 3.8) is 0 Å². The summed E-state index contributed by atoms with van der Waals surface area (Å²) in [5, 5.41) is 14.0. The number of aromatic nitrogens is 3. The Morgan fingerprint density at radius 3 is 2.94 bits per heavy atom. The van der Waals surface area contributed by atoms with E-state index in [0.29, 0.717) is 5.82 Å². The highest BCUT2D eigenvalue weighted by Gasteiger charge is 2.41. The standard InChI is InChI=1S/C9H11N5O2/c1-3-11-8(10-2)14-6-12-7(13-14)9(15)4-16-5-9/h3,6,15H,1-2,4-5H2. The van der Waals surface area contributed by atoms with Gasteiger partial charge in [0.2, 0.25) is 0 Å². The Morgan fingerprint density at radius 1 is 1.69 bits per heavy atom. The van der Waals surface area contributed by atoms with Crippen LogP contribution in [0.3, 0.4) is 0 Å². The molecule has 1 fully saturated rings. The van der Waals surface area contributed by atoms with Crippen LogP contribution in [0.15, 0.2) is 29.1 Å². The van der Waals surface area contributed by atoms with Gasteiger partial charge in [-0.05, 0) is 6.72 Å². The molecule has 0 radical (unpaired) electrons. The molecule has 7 nitrogen and oxygen atoms in total. The fourth-order valence-corrected chi connectivity index (χ4v) is 1.25. The number of nitrogens with zero attached hydrogens (tertiary/aromatic N) is 5. The van der Waals surface area contributed by atoms with Crippen LogP contribution >= 0.6 is 0 Å². The summed E-state index contributed by atoms with van der Waals surface area (Å²) in [6.07, 6.45) is 2.73. The van der Waals surface area contributed by atoms with E-state index in [2.05, 4.69) is 33.4 Å². The summed E-state index contributed by atoms with van der Waals surface area (Å²) in [5.74, 6) is 0.539. The fourth-order valence-electron chi connectivity index (χ4n) is 1.25. The number of aliphatic hydroxyl groups is 1. The largest absolute Gasteiger partial charge is 0.377 e. The van der Waals surface area contributed by atoms with Crippen LogP contribution < -0.4 is 0 Å². The molecule has 1 N–H and O–H groups in total. The summed E-state index contributed by atoms with van der Waals surface area (Å²) in [5.41, 5.74) is -1.09. The Hall–Kier alpha value is -1.86. The Bertz CT molecular complexity index is 447. The SMILES string of the molecule is C=CN=C(N=C)n1cnc(C2(O)COC2)n1. The molecule has 0 amide bonds. The molecule has 0 atom stereocenters. The summed E-state index contributed by atoms with van der Waals surface area (Å²) < 4.78 is 6.23. The molecule has 0 unspecified atom stereocenters. The van der Waals surface area contributed by atoms with Crippen LogP contribution in [-0.2, 0) is 10.3 Å². The highest BCUT2D eigenvalue weighted by atomic mass is 16.5. The smallest absolute Gasteiger partial charge is 0.251 e. The molecule has 84 valence electrons. The van der Waals surface area contributed by atoms with Crippen LogP contribution in [0.2, 0.25) is 0 Å². The third-order valence-corrected chi connectivity index (χ3v) is 2.14. The molecule has 0 aliphatic carbocycles. The maximum absolute atomic E-state index is 9.91. The second kappa shape index (κ2) is 3.95. The average Bonchev–Trinajstić information content (AvgIpc) is 2.72. The van der Waals surface area contributed by atoms with Gasteiger partial charge in [-0.25, -0.2) is 15.0 Å². The summed E-state index contributed by atoms with van der Waals surface area (Å²) in [7, 11) is 0. The van der Waals surface area contributed by atoms with Crippen molar-refractivity contribution in [1.29, 1.82) is 0 Å². The number of hydrogen-bond acceptors (Lipinski definition) is 5. The molecule has 1 aliphatic rings. The first-order valence-electron chi connectivity index (χ1n) is 4.58. The number of ether oxygens (including phenoxy) is 1.